The molecule has 0 unspecified atom stereocenters. The molecule has 2 aromatic heterocycles. The molecular formula is C9H13N4O+. The number of aromatic amines is 2. The molecular weight excluding hydrogens is 180 g/mol. The highest BCUT2D eigenvalue weighted by Crippen LogP contribution is 2.00. The molecule has 0 spiro atoms. The first-order valence-electron chi connectivity index (χ1n) is 4.62. The van der Waals surface area contributed by atoms with Gasteiger partial charge in [0.15, 0.2) is 11.6 Å². The van der Waals surface area contributed by atoms with E-state index in [0.717, 1.165) is 18.0 Å². The molecule has 0 atom stereocenters. The summed E-state index contributed by atoms with van der Waals surface area (Å²) < 4.78 is 1.98. The topological polar surface area (TPSA) is 65.4 Å². The van der Waals surface area contributed by atoms with Crippen LogP contribution in [-0.4, -0.2) is 15.0 Å². The summed E-state index contributed by atoms with van der Waals surface area (Å²) in [7, 11) is 0. The largest absolute Gasteiger partial charge is 0.309 e. The Labute approximate surface area is 80.8 Å². The first kappa shape index (κ1) is 8.93. The SMILES string of the molecule is CC[n+]1c(C)[nH]c2c(=O)[nH]c(C)nc21. The first-order chi connectivity index (χ1) is 6.63. The molecule has 0 fully saturated rings. The van der Waals surface area contributed by atoms with E-state index in [0.29, 0.717) is 11.3 Å². The maximum atomic E-state index is 11.5. The van der Waals surface area contributed by atoms with E-state index < -0.39 is 0 Å². The van der Waals surface area contributed by atoms with Crippen LogP contribution in [0, 0.1) is 13.8 Å². The van der Waals surface area contributed by atoms with Crippen LogP contribution >= 0.6 is 0 Å². The van der Waals surface area contributed by atoms with Crippen LogP contribution in [0.3, 0.4) is 0 Å². The summed E-state index contributed by atoms with van der Waals surface area (Å²) >= 11 is 0. The van der Waals surface area contributed by atoms with Crippen molar-refractivity contribution in [3.63, 3.8) is 0 Å². The van der Waals surface area contributed by atoms with Gasteiger partial charge >= 0.3 is 5.65 Å². The van der Waals surface area contributed by atoms with Gasteiger partial charge < -0.3 is 0 Å². The van der Waals surface area contributed by atoms with E-state index in [1.807, 2.05) is 18.4 Å². The highest BCUT2D eigenvalue weighted by molar-refractivity contribution is 5.65. The minimum Gasteiger partial charge on any atom is -0.294 e. The predicted octanol–water partition coefficient (Wildman–Crippen LogP) is 0.175. The van der Waals surface area contributed by atoms with E-state index in [-0.39, 0.29) is 5.56 Å². The van der Waals surface area contributed by atoms with Crippen molar-refractivity contribution in [3.05, 3.63) is 22.0 Å². The van der Waals surface area contributed by atoms with E-state index in [1.165, 1.54) is 0 Å². The monoisotopic (exact) mass is 193 g/mol. The highest BCUT2D eigenvalue weighted by Gasteiger charge is 2.17. The van der Waals surface area contributed by atoms with E-state index in [1.54, 1.807) is 6.92 Å². The zero-order valence-corrected chi connectivity index (χ0v) is 8.51. The summed E-state index contributed by atoms with van der Waals surface area (Å²) in [6.45, 7) is 6.54. The molecule has 0 radical (unpaired) electrons. The highest BCUT2D eigenvalue weighted by atomic mass is 16.1. The van der Waals surface area contributed by atoms with Crippen LogP contribution in [0.5, 0.6) is 0 Å². The number of imidazole rings is 1. The second kappa shape index (κ2) is 2.94. The molecule has 0 aliphatic heterocycles. The van der Waals surface area contributed by atoms with E-state index in [4.69, 9.17) is 0 Å². The van der Waals surface area contributed by atoms with Gasteiger partial charge in [-0.3, -0.25) is 14.8 Å². The summed E-state index contributed by atoms with van der Waals surface area (Å²) in [5.41, 5.74) is 1.17. The average Bonchev–Trinajstić information content (AvgIpc) is 2.41. The molecule has 2 aromatic rings. The molecule has 0 aromatic carbocycles. The maximum absolute atomic E-state index is 11.5. The van der Waals surface area contributed by atoms with Crippen molar-refractivity contribution in [3.8, 4) is 0 Å². The smallest absolute Gasteiger partial charge is 0.294 e. The Morgan fingerprint density at radius 2 is 2.07 bits per heavy atom. The van der Waals surface area contributed by atoms with Gasteiger partial charge in [-0.05, 0) is 6.92 Å². The third kappa shape index (κ3) is 1.13. The Bertz CT molecular complexity index is 537. The summed E-state index contributed by atoms with van der Waals surface area (Å²) in [6, 6.07) is 0. The molecule has 5 heteroatoms. The van der Waals surface area contributed by atoms with Gasteiger partial charge in [-0.15, -0.1) is 0 Å². The van der Waals surface area contributed by atoms with Crippen LogP contribution in [0.25, 0.3) is 11.2 Å². The Morgan fingerprint density at radius 1 is 1.36 bits per heavy atom. The molecule has 2 rings (SSSR count). The van der Waals surface area contributed by atoms with Crippen molar-refractivity contribution in [2.45, 2.75) is 27.3 Å². The van der Waals surface area contributed by atoms with Gasteiger partial charge in [0.05, 0.1) is 6.54 Å². The number of hydrogen-bond donors (Lipinski definition) is 2. The zero-order chi connectivity index (χ0) is 10.3. The van der Waals surface area contributed by atoms with Crippen molar-refractivity contribution < 1.29 is 4.57 Å². The van der Waals surface area contributed by atoms with E-state index in [2.05, 4.69) is 15.0 Å². The van der Waals surface area contributed by atoms with Gasteiger partial charge in [-0.25, -0.2) is 4.57 Å². The molecule has 2 N–H and O–H groups in total. The summed E-state index contributed by atoms with van der Waals surface area (Å²) in [5.74, 6) is 1.59. The molecule has 0 saturated carbocycles. The fourth-order valence-electron chi connectivity index (χ4n) is 1.67. The van der Waals surface area contributed by atoms with E-state index >= 15 is 0 Å². The lowest BCUT2D eigenvalue weighted by Crippen LogP contribution is -2.35. The summed E-state index contributed by atoms with van der Waals surface area (Å²) in [6.07, 6.45) is 0. The number of rotatable bonds is 1. The van der Waals surface area contributed by atoms with Gasteiger partial charge in [0.1, 0.15) is 0 Å². The Hall–Kier alpha value is -1.65. The lowest BCUT2D eigenvalue weighted by atomic mass is 10.5. The van der Waals surface area contributed by atoms with Gasteiger partial charge in [0.2, 0.25) is 5.52 Å². The summed E-state index contributed by atoms with van der Waals surface area (Å²) in [5, 5.41) is 0. The van der Waals surface area contributed by atoms with Crippen molar-refractivity contribution in [1.82, 2.24) is 15.0 Å². The number of aromatic nitrogens is 4. The lowest BCUT2D eigenvalue weighted by molar-refractivity contribution is -0.675. The van der Waals surface area contributed by atoms with Gasteiger partial charge in [-0.2, -0.15) is 0 Å². The molecule has 0 amide bonds. The van der Waals surface area contributed by atoms with Crippen LogP contribution in [0.15, 0.2) is 4.79 Å². The van der Waals surface area contributed by atoms with Crippen LogP contribution < -0.4 is 10.1 Å². The molecule has 0 bridgehead atoms. The average molecular weight is 193 g/mol. The lowest BCUT2D eigenvalue weighted by Gasteiger charge is -1.92. The minimum atomic E-state index is -0.109. The minimum absolute atomic E-state index is 0.109. The molecule has 5 nitrogen and oxygen atoms in total. The maximum Gasteiger partial charge on any atom is 0.309 e. The molecule has 0 aliphatic rings. The third-order valence-corrected chi connectivity index (χ3v) is 2.30. The Kier molecular flexibility index (Phi) is 1.87. The standard InChI is InChI=1S/C9H12N4O/c1-4-13-6(3)12-7-8(13)10-5(2)11-9(7)14/h4H2,1-3H3,(H,10,11,14)/p+1. The molecule has 2 heterocycles. The van der Waals surface area contributed by atoms with Gasteiger partial charge in [-0.1, -0.05) is 4.98 Å². The van der Waals surface area contributed by atoms with E-state index in [9.17, 15) is 4.79 Å². The Morgan fingerprint density at radius 3 is 2.71 bits per heavy atom. The number of aryl methyl sites for hydroxylation is 3. The molecule has 74 valence electrons. The number of nitrogens with zero attached hydrogens (tertiary/aromatic N) is 2. The fraction of sp³-hybridized carbons (Fsp3) is 0.444. The van der Waals surface area contributed by atoms with Crippen LogP contribution in [0.2, 0.25) is 0 Å². The number of hydrogen-bond acceptors (Lipinski definition) is 2. The number of fused-ring (bicyclic) bond motifs is 1. The molecule has 14 heavy (non-hydrogen) atoms. The van der Waals surface area contributed by atoms with Crippen LogP contribution in [0.1, 0.15) is 18.6 Å². The molecule has 0 saturated heterocycles. The normalized spacial score (nSPS) is 11.1. The Balaban J connectivity index is 2.95. The molecule has 0 aliphatic carbocycles. The van der Waals surface area contributed by atoms with Crippen LogP contribution in [0.4, 0.5) is 0 Å². The van der Waals surface area contributed by atoms with Gasteiger partial charge in [0, 0.05) is 13.8 Å². The van der Waals surface area contributed by atoms with Crippen LogP contribution in [-0.2, 0) is 6.54 Å². The second-order valence-electron chi connectivity index (χ2n) is 3.30. The van der Waals surface area contributed by atoms with Gasteiger partial charge in [0.25, 0.3) is 5.56 Å². The number of H-pyrrole nitrogens is 2. The number of nitrogens with one attached hydrogen (secondary N) is 2. The fourth-order valence-corrected chi connectivity index (χ4v) is 1.67. The first-order valence-corrected chi connectivity index (χ1v) is 4.62. The van der Waals surface area contributed by atoms with Crippen molar-refractivity contribution >= 4 is 11.2 Å². The van der Waals surface area contributed by atoms with Crippen molar-refractivity contribution in [1.29, 1.82) is 0 Å². The quantitative estimate of drug-likeness (QED) is 0.634. The zero-order valence-electron chi connectivity index (χ0n) is 8.51. The summed E-state index contributed by atoms with van der Waals surface area (Å²) in [4.78, 5) is 21.5. The van der Waals surface area contributed by atoms with Crippen molar-refractivity contribution in [2.75, 3.05) is 0 Å². The third-order valence-electron chi connectivity index (χ3n) is 2.30. The second-order valence-corrected chi connectivity index (χ2v) is 3.30. The predicted molar refractivity (Wildman–Crippen MR) is 52.1 cm³/mol. The van der Waals surface area contributed by atoms with Crippen molar-refractivity contribution in [2.24, 2.45) is 0 Å².